The van der Waals surface area contributed by atoms with Gasteiger partial charge in [-0.2, -0.15) is 0 Å². The molecule has 20 heteroatoms. The summed E-state index contributed by atoms with van der Waals surface area (Å²) in [6.07, 6.45) is -2.28. The van der Waals surface area contributed by atoms with E-state index in [1.807, 2.05) is 22.6 Å². The summed E-state index contributed by atoms with van der Waals surface area (Å²) in [5.74, 6) is -6.16. The maximum atomic E-state index is 14.0. The van der Waals surface area contributed by atoms with Crippen LogP contribution in [0.25, 0.3) is 0 Å². The molecular weight excluding hydrogens is 957 g/mol. The first-order valence-corrected chi connectivity index (χ1v) is 16.2. The van der Waals surface area contributed by atoms with Gasteiger partial charge in [-0.1, -0.05) is 0 Å². The number of benzene rings is 1. The van der Waals surface area contributed by atoms with Crippen LogP contribution in [0.5, 0.6) is 0 Å². The van der Waals surface area contributed by atoms with Crippen LogP contribution in [-0.2, 0) is 52.5 Å². The first-order chi connectivity index (χ1) is 21.3. The van der Waals surface area contributed by atoms with Gasteiger partial charge in [-0.3, -0.25) is 43.8 Å². The Labute approximate surface area is 304 Å². The van der Waals surface area contributed by atoms with Crippen LogP contribution in [0.4, 0.5) is 5.69 Å². The van der Waals surface area contributed by atoms with E-state index in [0.29, 0.717) is 0 Å². The second kappa shape index (κ2) is 19.6. The molecule has 0 aromatic heterocycles. The molecule has 0 aliphatic rings. The molecule has 0 aliphatic heterocycles. The van der Waals surface area contributed by atoms with Crippen molar-refractivity contribution < 1.29 is 62.0 Å². The van der Waals surface area contributed by atoms with Gasteiger partial charge >= 0.3 is 29.8 Å². The van der Waals surface area contributed by atoms with E-state index in [0.717, 1.165) is 39.6 Å². The number of hydrogen-bond donors (Lipinski definition) is 3. The highest BCUT2D eigenvalue weighted by molar-refractivity contribution is 14.1. The largest absolute Gasteiger partial charge is 0.462 e. The predicted octanol–water partition coefficient (Wildman–Crippen LogP) is 0.839. The molecule has 0 saturated carbocycles. The van der Waals surface area contributed by atoms with Gasteiger partial charge in [0.15, 0.2) is 18.8 Å². The normalized spacial score (nSPS) is 11.7. The molecule has 4 N–H and O–H groups in total. The van der Waals surface area contributed by atoms with E-state index in [9.17, 15) is 38.4 Å². The molecule has 0 bridgehead atoms. The van der Waals surface area contributed by atoms with Crippen LogP contribution in [0.2, 0.25) is 0 Å². The number of nitrogen functional groups attached to an aromatic ring is 1. The molecule has 46 heavy (non-hydrogen) atoms. The zero-order valence-corrected chi connectivity index (χ0v) is 31.6. The molecule has 0 heterocycles. The Hall–Kier alpha value is -3.03. The Balaban J connectivity index is 3.57. The minimum Gasteiger partial charge on any atom is -0.462 e. The summed E-state index contributed by atoms with van der Waals surface area (Å²) < 4.78 is 25.3. The second-order valence-corrected chi connectivity index (χ2v) is 12.4. The molecule has 0 fully saturated rings. The Morgan fingerprint density at radius 1 is 0.696 bits per heavy atom. The third-order valence-electron chi connectivity index (χ3n) is 5.19. The van der Waals surface area contributed by atoms with Crippen molar-refractivity contribution in [3.8, 4) is 0 Å². The van der Waals surface area contributed by atoms with E-state index in [1.54, 1.807) is 45.2 Å². The number of nitrogens with zero attached hydrogens (tertiary/aromatic N) is 1. The van der Waals surface area contributed by atoms with Gasteiger partial charge in [-0.15, -0.1) is 0 Å². The summed E-state index contributed by atoms with van der Waals surface area (Å²) in [7, 11) is 0. The molecule has 1 aromatic rings. The van der Waals surface area contributed by atoms with Gasteiger partial charge in [0.05, 0.1) is 37.0 Å². The Morgan fingerprint density at radius 2 is 1.17 bits per heavy atom. The number of amides is 3. The van der Waals surface area contributed by atoms with E-state index in [-0.39, 0.29) is 40.7 Å². The summed E-state index contributed by atoms with van der Waals surface area (Å²) in [5, 5.41) is 3.31. The number of anilines is 1. The van der Waals surface area contributed by atoms with Gasteiger partial charge < -0.3 is 34.7 Å². The molecule has 0 spiro atoms. The number of ether oxygens (including phenoxy) is 5. The van der Waals surface area contributed by atoms with Gasteiger partial charge in [-0.25, -0.2) is 5.01 Å². The maximum Gasteiger partial charge on any atom is 0.303 e. The zero-order valence-electron chi connectivity index (χ0n) is 25.2. The third kappa shape index (κ3) is 13.8. The molecule has 17 nitrogen and oxygen atoms in total. The molecule has 2 atom stereocenters. The lowest BCUT2D eigenvalue weighted by molar-refractivity contribution is -0.158. The Kier molecular flexibility index (Phi) is 17.5. The number of hydrogen-bond acceptors (Lipinski definition) is 14. The predicted molar refractivity (Wildman–Crippen MR) is 182 cm³/mol. The standard InChI is InChI=1S/C26H31I3N4O13/c1-11(34)42-8-16(45-14(4)37)6-31-25(40)19-21(27)20(23(29)24(30)22(19)28)26(41)33(32-18(39)10-44-13(3)36)7-17(46-15(5)38)9-43-12(2)35/h16-17H,6-10,30H2,1-5H3,(H,31,40)(H,32,39). The number of carbonyl (C=O) groups excluding carboxylic acids is 8. The summed E-state index contributed by atoms with van der Waals surface area (Å²) in [5.41, 5.74) is 8.43. The molecule has 0 saturated heterocycles. The third-order valence-corrected chi connectivity index (χ3v) is 8.51. The van der Waals surface area contributed by atoms with E-state index >= 15 is 0 Å². The lowest BCUT2D eigenvalue weighted by Crippen LogP contribution is -2.52. The summed E-state index contributed by atoms with van der Waals surface area (Å²) in [6.45, 7) is 3.17. The fraction of sp³-hybridized carbons (Fsp3) is 0.462. The van der Waals surface area contributed by atoms with Crippen LogP contribution in [0.1, 0.15) is 55.3 Å². The smallest absolute Gasteiger partial charge is 0.303 e. The van der Waals surface area contributed by atoms with Crippen molar-refractivity contribution in [1.29, 1.82) is 0 Å². The Morgan fingerprint density at radius 3 is 1.67 bits per heavy atom. The SMILES string of the molecule is CC(=O)OCC(=O)NN(CC(COC(C)=O)OC(C)=O)C(=O)c1c(I)c(N)c(I)c(C(=O)NCC(COC(C)=O)OC(C)=O)c1I. The van der Waals surface area contributed by atoms with Crippen LogP contribution in [0, 0.1) is 10.7 Å². The monoisotopic (exact) mass is 988 g/mol. The topological polar surface area (TPSA) is 236 Å². The van der Waals surface area contributed by atoms with Crippen molar-refractivity contribution in [1.82, 2.24) is 15.8 Å². The number of rotatable bonds is 14. The highest BCUT2D eigenvalue weighted by atomic mass is 127. The number of hydrazine groups is 1. The van der Waals surface area contributed by atoms with Crippen molar-refractivity contribution in [2.24, 2.45) is 0 Å². The maximum absolute atomic E-state index is 14.0. The first kappa shape index (κ1) is 41.0. The quantitative estimate of drug-likeness (QED) is 0.0771. The molecule has 2 unspecified atom stereocenters. The van der Waals surface area contributed by atoms with Crippen LogP contribution in [0.3, 0.4) is 0 Å². The van der Waals surface area contributed by atoms with Crippen LogP contribution in [0.15, 0.2) is 0 Å². The van der Waals surface area contributed by atoms with Crippen molar-refractivity contribution in [2.45, 2.75) is 46.8 Å². The van der Waals surface area contributed by atoms with E-state index in [2.05, 4.69) is 10.7 Å². The number of nitrogens with two attached hydrogens (primary N) is 1. The molecule has 0 aliphatic carbocycles. The van der Waals surface area contributed by atoms with E-state index in [4.69, 9.17) is 29.4 Å². The van der Waals surface area contributed by atoms with Gasteiger partial charge in [0.1, 0.15) is 13.2 Å². The fourth-order valence-electron chi connectivity index (χ4n) is 3.38. The summed E-state index contributed by atoms with van der Waals surface area (Å²) in [6, 6.07) is 0. The molecule has 1 rings (SSSR count). The minimum absolute atomic E-state index is 0.0363. The summed E-state index contributed by atoms with van der Waals surface area (Å²) >= 11 is 5.36. The number of esters is 5. The average molecular weight is 988 g/mol. The highest BCUT2D eigenvalue weighted by Gasteiger charge is 2.32. The highest BCUT2D eigenvalue weighted by Crippen LogP contribution is 2.34. The lowest BCUT2D eigenvalue weighted by atomic mass is 10.1. The number of carbonyl (C=O) groups is 8. The molecule has 0 radical (unpaired) electrons. The average Bonchev–Trinajstić information content (AvgIpc) is 2.94. The summed E-state index contributed by atoms with van der Waals surface area (Å²) in [4.78, 5) is 97.2. The van der Waals surface area contributed by atoms with Gasteiger partial charge in [0.25, 0.3) is 17.7 Å². The molecule has 3 amide bonds. The van der Waals surface area contributed by atoms with Crippen LogP contribution in [-0.4, -0.2) is 97.7 Å². The van der Waals surface area contributed by atoms with Gasteiger partial charge in [0.2, 0.25) is 0 Å². The van der Waals surface area contributed by atoms with Gasteiger partial charge in [0, 0.05) is 38.2 Å². The van der Waals surface area contributed by atoms with Crippen molar-refractivity contribution in [3.05, 3.63) is 21.8 Å². The van der Waals surface area contributed by atoms with Crippen molar-refractivity contribution in [2.75, 3.05) is 38.6 Å². The molecular formula is C26H31I3N4O13. The van der Waals surface area contributed by atoms with Crippen LogP contribution >= 0.6 is 67.8 Å². The van der Waals surface area contributed by atoms with Crippen molar-refractivity contribution >= 4 is 121 Å². The van der Waals surface area contributed by atoms with Crippen LogP contribution < -0.4 is 16.5 Å². The van der Waals surface area contributed by atoms with Gasteiger partial charge in [-0.05, 0) is 67.8 Å². The molecule has 1 aromatic carbocycles. The first-order valence-electron chi connectivity index (χ1n) is 13.0. The van der Waals surface area contributed by atoms with E-state index < -0.39 is 79.5 Å². The number of halogens is 3. The Bertz CT molecular complexity index is 1390. The van der Waals surface area contributed by atoms with Crippen molar-refractivity contribution in [3.63, 3.8) is 0 Å². The molecule has 254 valence electrons. The lowest BCUT2D eigenvalue weighted by Gasteiger charge is -2.29. The zero-order chi connectivity index (χ0) is 35.3. The second-order valence-electron chi connectivity index (χ2n) is 9.11. The van der Waals surface area contributed by atoms with E-state index in [1.165, 1.54) is 0 Å². The minimum atomic E-state index is -1.26. The number of nitrogens with one attached hydrogen (secondary N) is 2. The fourth-order valence-corrected chi connectivity index (χ4v) is 7.50.